The molecule has 0 bridgehead atoms. The van der Waals surface area contributed by atoms with Crippen molar-refractivity contribution >= 4 is 10.9 Å². The molecule has 0 aliphatic heterocycles. The van der Waals surface area contributed by atoms with Crippen molar-refractivity contribution in [3.8, 4) is 0 Å². The van der Waals surface area contributed by atoms with E-state index in [-0.39, 0.29) is 0 Å². The summed E-state index contributed by atoms with van der Waals surface area (Å²) in [6, 6.07) is 13.5. The van der Waals surface area contributed by atoms with Crippen LogP contribution in [0.5, 0.6) is 0 Å². The van der Waals surface area contributed by atoms with Crippen LogP contribution in [0.25, 0.3) is 10.9 Å². The number of aryl methyl sites for hydroxylation is 3. The van der Waals surface area contributed by atoms with Gasteiger partial charge in [-0.25, -0.2) is 0 Å². The molecule has 1 aliphatic carbocycles. The van der Waals surface area contributed by atoms with Gasteiger partial charge in [-0.3, -0.25) is 0 Å². The van der Waals surface area contributed by atoms with Crippen LogP contribution in [0.4, 0.5) is 0 Å². The fraction of sp³-hybridized carbons (Fsp3) is 0.391. The first kappa shape index (κ1) is 16.4. The molecule has 1 aromatic heterocycles. The summed E-state index contributed by atoms with van der Waals surface area (Å²) in [4.78, 5) is 3.76. The smallest absolute Gasteiger partial charge is 0.0476 e. The Bertz CT molecular complexity index is 890. The van der Waals surface area contributed by atoms with Crippen LogP contribution in [-0.2, 0) is 12.8 Å². The molecule has 4 rings (SSSR count). The van der Waals surface area contributed by atoms with E-state index in [9.17, 15) is 0 Å². The lowest BCUT2D eigenvalue weighted by Crippen LogP contribution is -2.27. The van der Waals surface area contributed by atoms with Crippen molar-refractivity contribution in [2.45, 2.75) is 52.5 Å². The van der Waals surface area contributed by atoms with Gasteiger partial charge in [0.2, 0.25) is 0 Å². The molecule has 0 radical (unpaired) electrons. The SMILES string of the molecule is Cc1cc2[nH]c3c(c2c(C)c1C)CCCC3NCCc1ccccc1. The van der Waals surface area contributed by atoms with Gasteiger partial charge in [-0.05, 0) is 86.9 Å². The Hall–Kier alpha value is -2.06. The number of nitrogens with one attached hydrogen (secondary N) is 2. The Kier molecular flexibility index (Phi) is 4.39. The summed E-state index contributed by atoms with van der Waals surface area (Å²) in [6.45, 7) is 7.78. The van der Waals surface area contributed by atoms with Crippen LogP contribution < -0.4 is 5.32 Å². The van der Waals surface area contributed by atoms with Crippen molar-refractivity contribution < 1.29 is 0 Å². The minimum atomic E-state index is 0.458. The molecule has 0 spiro atoms. The zero-order valence-electron chi connectivity index (χ0n) is 15.6. The first-order valence-corrected chi connectivity index (χ1v) is 9.53. The summed E-state index contributed by atoms with van der Waals surface area (Å²) in [5.74, 6) is 0. The number of hydrogen-bond donors (Lipinski definition) is 2. The van der Waals surface area contributed by atoms with E-state index in [1.54, 1.807) is 5.56 Å². The molecule has 130 valence electrons. The highest BCUT2D eigenvalue weighted by atomic mass is 14.9. The molecular formula is C23H28N2. The van der Waals surface area contributed by atoms with E-state index in [4.69, 9.17) is 0 Å². The molecule has 2 aromatic carbocycles. The second-order valence-corrected chi connectivity index (χ2v) is 7.52. The Morgan fingerprint density at radius 2 is 1.88 bits per heavy atom. The Morgan fingerprint density at radius 3 is 2.68 bits per heavy atom. The fourth-order valence-electron chi connectivity index (χ4n) is 4.35. The van der Waals surface area contributed by atoms with Gasteiger partial charge in [0, 0.05) is 22.6 Å². The zero-order valence-corrected chi connectivity index (χ0v) is 15.6. The number of H-pyrrole nitrogens is 1. The minimum absolute atomic E-state index is 0.458. The standard InChI is InChI=1S/C23H28N2/c1-15-14-21-22(17(3)16(15)2)19-10-7-11-20(23(19)25-21)24-13-12-18-8-5-4-6-9-18/h4-6,8-9,14,20,24-25H,7,10-13H2,1-3H3. The van der Waals surface area contributed by atoms with Crippen LogP contribution in [0.1, 0.15) is 52.4 Å². The topological polar surface area (TPSA) is 27.8 Å². The van der Waals surface area contributed by atoms with Crippen LogP contribution in [0.15, 0.2) is 36.4 Å². The van der Waals surface area contributed by atoms with Gasteiger partial charge in [-0.1, -0.05) is 30.3 Å². The number of aromatic nitrogens is 1. The molecule has 25 heavy (non-hydrogen) atoms. The molecule has 1 atom stereocenters. The summed E-state index contributed by atoms with van der Waals surface area (Å²) in [6.07, 6.45) is 4.79. The molecular weight excluding hydrogens is 304 g/mol. The van der Waals surface area contributed by atoms with Crippen molar-refractivity contribution in [2.24, 2.45) is 0 Å². The van der Waals surface area contributed by atoms with Gasteiger partial charge in [-0.15, -0.1) is 0 Å². The van der Waals surface area contributed by atoms with E-state index >= 15 is 0 Å². The Balaban J connectivity index is 1.59. The summed E-state index contributed by atoms with van der Waals surface area (Å²) < 4.78 is 0. The molecule has 0 amide bonds. The van der Waals surface area contributed by atoms with Gasteiger partial charge >= 0.3 is 0 Å². The summed E-state index contributed by atoms with van der Waals surface area (Å²) in [7, 11) is 0. The maximum atomic E-state index is 3.80. The second kappa shape index (κ2) is 6.68. The van der Waals surface area contributed by atoms with Gasteiger partial charge in [0.15, 0.2) is 0 Å². The minimum Gasteiger partial charge on any atom is -0.357 e. The number of benzene rings is 2. The quantitative estimate of drug-likeness (QED) is 0.666. The maximum Gasteiger partial charge on any atom is 0.0476 e. The molecule has 0 saturated heterocycles. The highest BCUT2D eigenvalue weighted by Gasteiger charge is 2.25. The molecule has 2 nitrogen and oxygen atoms in total. The number of aromatic amines is 1. The van der Waals surface area contributed by atoms with Crippen molar-refractivity contribution in [3.63, 3.8) is 0 Å². The van der Waals surface area contributed by atoms with Gasteiger partial charge in [0.25, 0.3) is 0 Å². The van der Waals surface area contributed by atoms with Crippen LogP contribution >= 0.6 is 0 Å². The Labute approximate surface area is 150 Å². The average molecular weight is 332 g/mol. The maximum absolute atomic E-state index is 3.80. The third-order valence-electron chi connectivity index (χ3n) is 5.97. The monoisotopic (exact) mass is 332 g/mol. The zero-order chi connectivity index (χ0) is 17.4. The fourth-order valence-corrected chi connectivity index (χ4v) is 4.35. The van der Waals surface area contributed by atoms with Crippen LogP contribution in [0, 0.1) is 20.8 Å². The molecule has 1 heterocycles. The van der Waals surface area contributed by atoms with E-state index < -0.39 is 0 Å². The van der Waals surface area contributed by atoms with E-state index in [0.717, 1.165) is 13.0 Å². The molecule has 0 fully saturated rings. The van der Waals surface area contributed by atoms with Gasteiger partial charge in [0.1, 0.15) is 0 Å². The predicted octanol–water partition coefficient (Wildman–Crippen LogP) is 5.30. The van der Waals surface area contributed by atoms with Crippen LogP contribution in [0.2, 0.25) is 0 Å². The van der Waals surface area contributed by atoms with Crippen LogP contribution in [-0.4, -0.2) is 11.5 Å². The number of hydrogen-bond acceptors (Lipinski definition) is 1. The number of rotatable bonds is 4. The molecule has 1 aliphatic rings. The molecule has 2 heteroatoms. The van der Waals surface area contributed by atoms with Crippen molar-refractivity contribution in [3.05, 3.63) is 69.9 Å². The Morgan fingerprint density at radius 1 is 1.08 bits per heavy atom. The summed E-state index contributed by atoms with van der Waals surface area (Å²) in [5.41, 5.74) is 10.00. The van der Waals surface area contributed by atoms with E-state index in [1.165, 1.54) is 58.1 Å². The molecule has 0 saturated carbocycles. The largest absolute Gasteiger partial charge is 0.357 e. The molecule has 1 unspecified atom stereocenters. The molecule has 3 aromatic rings. The highest BCUT2D eigenvalue weighted by molar-refractivity contribution is 5.90. The highest BCUT2D eigenvalue weighted by Crippen LogP contribution is 2.37. The lowest BCUT2D eigenvalue weighted by atomic mass is 9.89. The van der Waals surface area contributed by atoms with Crippen molar-refractivity contribution in [2.75, 3.05) is 6.54 Å². The summed E-state index contributed by atoms with van der Waals surface area (Å²) >= 11 is 0. The lowest BCUT2D eigenvalue weighted by Gasteiger charge is -2.24. The second-order valence-electron chi connectivity index (χ2n) is 7.52. The molecule has 2 N–H and O–H groups in total. The van der Waals surface area contributed by atoms with Gasteiger partial charge < -0.3 is 10.3 Å². The number of fused-ring (bicyclic) bond motifs is 3. The first-order chi connectivity index (χ1) is 12.1. The third kappa shape index (κ3) is 3.00. The normalized spacial score (nSPS) is 17.0. The van der Waals surface area contributed by atoms with E-state index in [1.807, 2.05) is 0 Å². The van der Waals surface area contributed by atoms with E-state index in [0.29, 0.717) is 6.04 Å². The first-order valence-electron chi connectivity index (χ1n) is 9.53. The van der Waals surface area contributed by atoms with E-state index in [2.05, 4.69) is 67.5 Å². The van der Waals surface area contributed by atoms with Gasteiger partial charge in [0.05, 0.1) is 0 Å². The van der Waals surface area contributed by atoms with Crippen molar-refractivity contribution in [1.29, 1.82) is 0 Å². The average Bonchev–Trinajstić information content (AvgIpc) is 3.00. The third-order valence-corrected chi connectivity index (χ3v) is 5.97. The van der Waals surface area contributed by atoms with Gasteiger partial charge in [-0.2, -0.15) is 0 Å². The van der Waals surface area contributed by atoms with Crippen molar-refractivity contribution in [1.82, 2.24) is 10.3 Å². The predicted molar refractivity (Wildman–Crippen MR) is 106 cm³/mol. The van der Waals surface area contributed by atoms with Crippen LogP contribution in [0.3, 0.4) is 0 Å². The lowest BCUT2D eigenvalue weighted by molar-refractivity contribution is 0.456. The summed E-state index contributed by atoms with van der Waals surface area (Å²) in [5, 5.41) is 5.28.